The second-order valence-electron chi connectivity index (χ2n) is 5.59. The first-order valence-corrected chi connectivity index (χ1v) is 7.65. The van der Waals surface area contributed by atoms with Crippen LogP contribution in [0.4, 0.5) is 0 Å². The van der Waals surface area contributed by atoms with Gasteiger partial charge in [0.1, 0.15) is 5.75 Å². The monoisotopic (exact) mass is 292 g/mol. The molecule has 1 amide bonds. The normalized spacial score (nSPS) is 12.1. The van der Waals surface area contributed by atoms with Gasteiger partial charge in [-0.05, 0) is 57.7 Å². The maximum Gasteiger partial charge on any atom is 0.260 e. The number of hydrogen-bond donors (Lipinski definition) is 1. The predicted molar refractivity (Wildman–Crippen MR) is 86.7 cm³/mol. The molecule has 0 saturated heterocycles. The number of aryl methyl sites for hydroxylation is 2. The molecule has 0 bridgehead atoms. The van der Waals surface area contributed by atoms with Crippen LogP contribution in [0, 0.1) is 13.8 Å². The zero-order valence-electron chi connectivity index (χ0n) is 13.9. The lowest BCUT2D eigenvalue weighted by atomic mass is 10.0. The van der Waals surface area contributed by atoms with E-state index in [0.717, 1.165) is 23.3 Å². The molecule has 1 aromatic rings. The first-order valence-electron chi connectivity index (χ1n) is 7.65. The fraction of sp³-hybridized carbons (Fsp3) is 0.588. The van der Waals surface area contributed by atoms with E-state index in [1.807, 2.05) is 34.6 Å². The third kappa shape index (κ3) is 5.05. The van der Waals surface area contributed by atoms with Crippen molar-refractivity contribution in [2.24, 2.45) is 5.73 Å². The molecule has 4 heteroatoms. The minimum Gasteiger partial charge on any atom is -0.483 e. The molecular formula is C17H28N2O2. The van der Waals surface area contributed by atoms with Gasteiger partial charge in [0.25, 0.3) is 5.91 Å². The molecule has 0 radical (unpaired) electrons. The number of carbonyl (C=O) groups excluding carboxylic acids is 1. The molecule has 0 aliphatic carbocycles. The van der Waals surface area contributed by atoms with Crippen LogP contribution in [-0.2, 0) is 11.2 Å². The quantitative estimate of drug-likeness (QED) is 0.840. The highest BCUT2D eigenvalue weighted by Crippen LogP contribution is 2.25. The SMILES string of the molecule is CCN(CC)C(=O)COc1c(C)cc(CC(C)N)cc1C. The molecule has 1 unspecified atom stereocenters. The highest BCUT2D eigenvalue weighted by atomic mass is 16.5. The van der Waals surface area contributed by atoms with Crippen molar-refractivity contribution in [2.75, 3.05) is 19.7 Å². The summed E-state index contributed by atoms with van der Waals surface area (Å²) in [5.74, 6) is 0.836. The van der Waals surface area contributed by atoms with E-state index in [2.05, 4.69) is 12.1 Å². The summed E-state index contributed by atoms with van der Waals surface area (Å²) in [5, 5.41) is 0. The van der Waals surface area contributed by atoms with Gasteiger partial charge in [-0.25, -0.2) is 0 Å². The zero-order chi connectivity index (χ0) is 16.0. The molecule has 0 aliphatic rings. The minimum atomic E-state index is 0.0263. The molecule has 0 spiro atoms. The average Bonchev–Trinajstić information content (AvgIpc) is 2.38. The molecular weight excluding hydrogens is 264 g/mol. The van der Waals surface area contributed by atoms with Crippen LogP contribution >= 0.6 is 0 Å². The van der Waals surface area contributed by atoms with Gasteiger partial charge in [-0.15, -0.1) is 0 Å². The number of amides is 1. The highest BCUT2D eigenvalue weighted by Gasteiger charge is 2.13. The second kappa shape index (κ2) is 8.03. The van der Waals surface area contributed by atoms with Gasteiger partial charge in [0.2, 0.25) is 0 Å². The van der Waals surface area contributed by atoms with E-state index in [0.29, 0.717) is 13.1 Å². The molecule has 0 aromatic heterocycles. The molecule has 0 heterocycles. The predicted octanol–water partition coefficient (Wildman–Crippen LogP) is 2.44. The van der Waals surface area contributed by atoms with Crippen molar-refractivity contribution in [2.45, 2.75) is 47.1 Å². The lowest BCUT2D eigenvalue weighted by Crippen LogP contribution is -2.34. The topological polar surface area (TPSA) is 55.6 Å². The van der Waals surface area contributed by atoms with Crippen molar-refractivity contribution in [3.63, 3.8) is 0 Å². The van der Waals surface area contributed by atoms with Gasteiger partial charge in [-0.3, -0.25) is 4.79 Å². The number of nitrogens with two attached hydrogens (primary N) is 1. The van der Waals surface area contributed by atoms with E-state index in [4.69, 9.17) is 10.5 Å². The summed E-state index contributed by atoms with van der Waals surface area (Å²) in [7, 11) is 0. The van der Waals surface area contributed by atoms with E-state index in [1.165, 1.54) is 5.56 Å². The van der Waals surface area contributed by atoms with E-state index >= 15 is 0 Å². The molecule has 21 heavy (non-hydrogen) atoms. The van der Waals surface area contributed by atoms with Crippen LogP contribution in [-0.4, -0.2) is 36.5 Å². The van der Waals surface area contributed by atoms with Crippen molar-refractivity contribution in [1.29, 1.82) is 0 Å². The number of hydrogen-bond acceptors (Lipinski definition) is 3. The van der Waals surface area contributed by atoms with Crippen LogP contribution in [0.5, 0.6) is 5.75 Å². The van der Waals surface area contributed by atoms with Crippen molar-refractivity contribution in [3.05, 3.63) is 28.8 Å². The molecule has 0 aliphatic heterocycles. The van der Waals surface area contributed by atoms with Gasteiger partial charge in [-0.2, -0.15) is 0 Å². The summed E-state index contributed by atoms with van der Waals surface area (Å²) in [6.45, 7) is 11.5. The maximum absolute atomic E-state index is 12.0. The first-order chi connectivity index (χ1) is 9.88. The summed E-state index contributed by atoms with van der Waals surface area (Å²) < 4.78 is 5.75. The summed E-state index contributed by atoms with van der Waals surface area (Å²) in [6.07, 6.45) is 0.848. The van der Waals surface area contributed by atoms with Crippen LogP contribution < -0.4 is 10.5 Å². The van der Waals surface area contributed by atoms with Gasteiger partial charge < -0.3 is 15.4 Å². The van der Waals surface area contributed by atoms with Crippen molar-refractivity contribution < 1.29 is 9.53 Å². The van der Waals surface area contributed by atoms with Gasteiger partial charge in [0.05, 0.1) is 0 Å². The molecule has 1 atom stereocenters. The molecule has 1 rings (SSSR count). The lowest BCUT2D eigenvalue weighted by Gasteiger charge is -2.20. The van der Waals surface area contributed by atoms with Crippen molar-refractivity contribution >= 4 is 5.91 Å². The number of carbonyl (C=O) groups is 1. The fourth-order valence-corrected chi connectivity index (χ4v) is 2.56. The van der Waals surface area contributed by atoms with Crippen LogP contribution in [0.15, 0.2) is 12.1 Å². The Labute approximate surface area is 128 Å². The molecule has 2 N–H and O–H groups in total. The average molecular weight is 292 g/mol. The van der Waals surface area contributed by atoms with Crippen LogP contribution in [0.2, 0.25) is 0 Å². The smallest absolute Gasteiger partial charge is 0.260 e. The minimum absolute atomic E-state index is 0.0263. The molecule has 0 fully saturated rings. The van der Waals surface area contributed by atoms with Crippen molar-refractivity contribution in [3.8, 4) is 5.75 Å². The summed E-state index contributed by atoms with van der Waals surface area (Å²) >= 11 is 0. The Morgan fingerprint density at radius 1 is 1.24 bits per heavy atom. The van der Waals surface area contributed by atoms with Gasteiger partial charge in [0.15, 0.2) is 6.61 Å². The zero-order valence-corrected chi connectivity index (χ0v) is 13.9. The molecule has 4 nitrogen and oxygen atoms in total. The molecule has 0 saturated carbocycles. The second-order valence-corrected chi connectivity index (χ2v) is 5.59. The molecule has 118 valence electrons. The number of nitrogens with zero attached hydrogens (tertiary/aromatic N) is 1. The van der Waals surface area contributed by atoms with E-state index in [-0.39, 0.29) is 18.6 Å². The van der Waals surface area contributed by atoms with E-state index < -0.39 is 0 Å². The Kier molecular flexibility index (Phi) is 6.69. The van der Waals surface area contributed by atoms with Crippen LogP contribution in [0.1, 0.15) is 37.5 Å². The van der Waals surface area contributed by atoms with Gasteiger partial charge in [0, 0.05) is 19.1 Å². The lowest BCUT2D eigenvalue weighted by molar-refractivity contribution is -0.132. The van der Waals surface area contributed by atoms with Gasteiger partial charge >= 0.3 is 0 Å². The third-order valence-electron chi connectivity index (χ3n) is 3.53. The number of rotatable bonds is 7. The maximum atomic E-state index is 12.0. The summed E-state index contributed by atoms with van der Waals surface area (Å²) in [5.41, 5.74) is 9.16. The highest BCUT2D eigenvalue weighted by molar-refractivity contribution is 5.77. The third-order valence-corrected chi connectivity index (χ3v) is 3.53. The van der Waals surface area contributed by atoms with E-state index in [1.54, 1.807) is 4.90 Å². The standard InChI is InChI=1S/C17H28N2O2/c1-6-19(7-2)16(20)11-21-17-12(3)8-15(9-13(17)4)10-14(5)18/h8-9,14H,6-7,10-11,18H2,1-5H3. The van der Waals surface area contributed by atoms with Crippen LogP contribution in [0.25, 0.3) is 0 Å². The number of benzene rings is 1. The summed E-state index contributed by atoms with van der Waals surface area (Å²) in [4.78, 5) is 13.8. The largest absolute Gasteiger partial charge is 0.483 e. The Morgan fingerprint density at radius 3 is 2.19 bits per heavy atom. The van der Waals surface area contributed by atoms with Crippen molar-refractivity contribution in [1.82, 2.24) is 4.90 Å². The molecule has 1 aromatic carbocycles. The fourth-order valence-electron chi connectivity index (χ4n) is 2.56. The van der Waals surface area contributed by atoms with Gasteiger partial charge in [-0.1, -0.05) is 12.1 Å². The Balaban J connectivity index is 2.78. The summed E-state index contributed by atoms with van der Waals surface area (Å²) in [6, 6.07) is 4.32. The Bertz CT molecular complexity index is 457. The number of likely N-dealkylation sites (N-methyl/N-ethyl adjacent to an activating group) is 1. The number of ether oxygens (including phenoxy) is 1. The first kappa shape index (κ1) is 17.5. The Hall–Kier alpha value is -1.55. The Morgan fingerprint density at radius 2 is 1.76 bits per heavy atom. The van der Waals surface area contributed by atoms with E-state index in [9.17, 15) is 4.79 Å². The van der Waals surface area contributed by atoms with Crippen LogP contribution in [0.3, 0.4) is 0 Å².